The van der Waals surface area contributed by atoms with Gasteiger partial charge in [0.15, 0.2) is 0 Å². The molecule has 0 amide bonds. The molecule has 0 aliphatic carbocycles. The first-order chi connectivity index (χ1) is 7.84. The molecule has 0 radical (unpaired) electrons. The quantitative estimate of drug-likeness (QED) is 0.933. The lowest BCUT2D eigenvalue weighted by molar-refractivity contribution is 0.670. The second-order valence-electron chi connectivity index (χ2n) is 3.45. The second-order valence-corrected chi connectivity index (χ2v) is 4.36. The van der Waals surface area contributed by atoms with Gasteiger partial charge in [-0.25, -0.2) is 0 Å². The molecule has 3 nitrogen and oxygen atoms in total. The number of hydrogen-bond donors (Lipinski definition) is 1. The Morgan fingerprint density at radius 1 is 1.06 bits per heavy atom. The van der Waals surface area contributed by atoms with E-state index in [1.807, 2.05) is 24.3 Å². The van der Waals surface area contributed by atoms with Crippen molar-refractivity contribution in [2.45, 2.75) is 13.1 Å². The summed E-state index contributed by atoms with van der Waals surface area (Å²) >= 11 is 3.41. The minimum atomic E-state index is 0.740. The lowest BCUT2D eigenvalue weighted by atomic mass is 10.2. The van der Waals surface area contributed by atoms with E-state index >= 15 is 0 Å². The Kier molecular flexibility index (Phi) is 4.02. The number of benzene rings is 1. The van der Waals surface area contributed by atoms with Gasteiger partial charge in [0.2, 0.25) is 0 Å². The lowest BCUT2D eigenvalue weighted by Crippen LogP contribution is -2.13. The largest absolute Gasteiger partial charge is 0.307 e. The fourth-order valence-corrected chi connectivity index (χ4v) is 1.63. The van der Waals surface area contributed by atoms with Crippen LogP contribution in [0.25, 0.3) is 0 Å². The number of hydrogen-bond acceptors (Lipinski definition) is 3. The third-order valence-corrected chi connectivity index (χ3v) is 2.70. The number of nitrogens with zero attached hydrogens (tertiary/aromatic N) is 2. The standard InChI is InChI=1S/C12H12BrN3/c13-11-5-3-10(4-6-11)8-14-9-12-2-1-7-15-16-12/h1-7,14H,8-9H2. The first-order valence-corrected chi connectivity index (χ1v) is 5.85. The molecular weight excluding hydrogens is 266 g/mol. The van der Waals surface area contributed by atoms with Crippen molar-refractivity contribution in [1.82, 2.24) is 15.5 Å². The summed E-state index contributed by atoms with van der Waals surface area (Å²) in [5.41, 5.74) is 2.21. The Bertz CT molecular complexity index is 428. The van der Waals surface area contributed by atoms with Crippen LogP contribution in [0.15, 0.2) is 47.1 Å². The number of halogens is 1. The van der Waals surface area contributed by atoms with E-state index in [4.69, 9.17) is 0 Å². The van der Waals surface area contributed by atoms with E-state index in [2.05, 4.69) is 43.6 Å². The summed E-state index contributed by atoms with van der Waals surface area (Å²) in [6.45, 7) is 1.58. The van der Waals surface area contributed by atoms with Crippen LogP contribution < -0.4 is 5.32 Å². The van der Waals surface area contributed by atoms with Gasteiger partial charge in [0.25, 0.3) is 0 Å². The summed E-state index contributed by atoms with van der Waals surface area (Å²) in [7, 11) is 0. The van der Waals surface area contributed by atoms with Crippen LogP contribution in [0.1, 0.15) is 11.3 Å². The van der Waals surface area contributed by atoms with Gasteiger partial charge >= 0.3 is 0 Å². The van der Waals surface area contributed by atoms with E-state index in [9.17, 15) is 0 Å². The number of nitrogens with one attached hydrogen (secondary N) is 1. The van der Waals surface area contributed by atoms with Gasteiger partial charge in [-0.15, -0.1) is 0 Å². The molecule has 0 spiro atoms. The third-order valence-electron chi connectivity index (χ3n) is 2.18. The Balaban J connectivity index is 1.82. The Morgan fingerprint density at radius 2 is 1.88 bits per heavy atom. The van der Waals surface area contributed by atoms with Gasteiger partial charge < -0.3 is 5.32 Å². The van der Waals surface area contributed by atoms with Crippen molar-refractivity contribution in [2.75, 3.05) is 0 Å². The topological polar surface area (TPSA) is 37.8 Å². The van der Waals surface area contributed by atoms with Crippen LogP contribution in [-0.2, 0) is 13.1 Å². The Labute approximate surface area is 103 Å². The highest BCUT2D eigenvalue weighted by Crippen LogP contribution is 2.10. The van der Waals surface area contributed by atoms with Gasteiger partial charge in [0, 0.05) is 23.8 Å². The highest BCUT2D eigenvalue weighted by molar-refractivity contribution is 9.10. The molecule has 1 aromatic heterocycles. The van der Waals surface area contributed by atoms with Gasteiger partial charge in [0.1, 0.15) is 0 Å². The maximum Gasteiger partial charge on any atom is 0.0769 e. The molecular formula is C12H12BrN3. The van der Waals surface area contributed by atoms with Crippen molar-refractivity contribution in [3.8, 4) is 0 Å². The van der Waals surface area contributed by atoms with Crippen LogP contribution in [0, 0.1) is 0 Å². The van der Waals surface area contributed by atoms with Gasteiger partial charge in [-0.1, -0.05) is 28.1 Å². The molecule has 1 heterocycles. The van der Waals surface area contributed by atoms with Crippen LogP contribution >= 0.6 is 15.9 Å². The molecule has 1 aromatic carbocycles. The molecule has 82 valence electrons. The molecule has 2 rings (SSSR count). The molecule has 0 aliphatic rings. The zero-order valence-electron chi connectivity index (χ0n) is 8.73. The summed E-state index contributed by atoms with van der Waals surface area (Å²) in [4.78, 5) is 0. The van der Waals surface area contributed by atoms with Gasteiger partial charge in [-0.2, -0.15) is 10.2 Å². The van der Waals surface area contributed by atoms with Crippen LogP contribution in [0.5, 0.6) is 0 Å². The fourth-order valence-electron chi connectivity index (χ4n) is 1.36. The molecule has 0 saturated carbocycles. The van der Waals surface area contributed by atoms with Crippen LogP contribution in [0.4, 0.5) is 0 Å². The lowest BCUT2D eigenvalue weighted by Gasteiger charge is -2.03. The van der Waals surface area contributed by atoms with E-state index < -0.39 is 0 Å². The minimum absolute atomic E-state index is 0.740. The van der Waals surface area contributed by atoms with Crippen LogP contribution in [0.3, 0.4) is 0 Å². The van der Waals surface area contributed by atoms with Gasteiger partial charge in [0.05, 0.1) is 5.69 Å². The predicted octanol–water partition coefficient (Wildman–Crippen LogP) is 2.53. The van der Waals surface area contributed by atoms with E-state index in [-0.39, 0.29) is 0 Å². The molecule has 0 bridgehead atoms. The molecule has 1 N–H and O–H groups in total. The zero-order valence-corrected chi connectivity index (χ0v) is 10.3. The molecule has 0 unspecified atom stereocenters. The fraction of sp³-hybridized carbons (Fsp3) is 0.167. The third kappa shape index (κ3) is 3.40. The summed E-state index contributed by atoms with van der Waals surface area (Å²) in [6.07, 6.45) is 1.68. The highest BCUT2D eigenvalue weighted by Gasteiger charge is 1.95. The van der Waals surface area contributed by atoms with Crippen molar-refractivity contribution in [3.63, 3.8) is 0 Å². The molecule has 0 saturated heterocycles. The average molecular weight is 278 g/mol. The maximum atomic E-state index is 4.00. The van der Waals surface area contributed by atoms with Crippen LogP contribution in [0.2, 0.25) is 0 Å². The second kappa shape index (κ2) is 5.72. The summed E-state index contributed by atoms with van der Waals surface area (Å²) < 4.78 is 1.10. The molecule has 0 fully saturated rings. The molecule has 0 atom stereocenters. The predicted molar refractivity (Wildman–Crippen MR) is 66.7 cm³/mol. The van der Waals surface area contributed by atoms with E-state index in [0.717, 1.165) is 23.3 Å². The van der Waals surface area contributed by atoms with E-state index in [1.54, 1.807) is 6.20 Å². The first kappa shape index (κ1) is 11.2. The van der Waals surface area contributed by atoms with Crippen molar-refractivity contribution in [3.05, 3.63) is 58.3 Å². The Morgan fingerprint density at radius 3 is 2.56 bits per heavy atom. The average Bonchev–Trinajstić information content (AvgIpc) is 2.33. The number of rotatable bonds is 4. The molecule has 4 heteroatoms. The van der Waals surface area contributed by atoms with Gasteiger partial charge in [-0.3, -0.25) is 0 Å². The molecule has 0 aliphatic heterocycles. The Hall–Kier alpha value is -1.26. The van der Waals surface area contributed by atoms with Crippen molar-refractivity contribution in [1.29, 1.82) is 0 Å². The first-order valence-electron chi connectivity index (χ1n) is 5.06. The number of aromatic nitrogens is 2. The van der Waals surface area contributed by atoms with Gasteiger partial charge in [-0.05, 0) is 29.8 Å². The normalized spacial score (nSPS) is 10.3. The van der Waals surface area contributed by atoms with Crippen LogP contribution in [-0.4, -0.2) is 10.2 Å². The summed E-state index contributed by atoms with van der Waals surface area (Å²) in [6, 6.07) is 12.1. The van der Waals surface area contributed by atoms with E-state index in [1.165, 1.54) is 5.56 Å². The summed E-state index contributed by atoms with van der Waals surface area (Å²) in [5, 5.41) is 11.1. The van der Waals surface area contributed by atoms with E-state index in [0.29, 0.717) is 0 Å². The SMILES string of the molecule is Brc1ccc(CNCc2cccnn2)cc1. The maximum absolute atomic E-state index is 4.00. The van der Waals surface area contributed by atoms with Crippen molar-refractivity contribution in [2.24, 2.45) is 0 Å². The molecule has 2 aromatic rings. The highest BCUT2D eigenvalue weighted by atomic mass is 79.9. The summed E-state index contributed by atoms with van der Waals surface area (Å²) in [5.74, 6) is 0. The molecule has 16 heavy (non-hydrogen) atoms. The smallest absolute Gasteiger partial charge is 0.0769 e. The monoisotopic (exact) mass is 277 g/mol. The van der Waals surface area contributed by atoms with Crippen molar-refractivity contribution >= 4 is 15.9 Å². The zero-order chi connectivity index (χ0) is 11.2. The van der Waals surface area contributed by atoms with Crippen molar-refractivity contribution < 1.29 is 0 Å². The minimum Gasteiger partial charge on any atom is -0.307 e.